The fourth-order valence-corrected chi connectivity index (χ4v) is 6.00. The van der Waals surface area contributed by atoms with Crippen molar-refractivity contribution in [3.05, 3.63) is 88.8 Å². The number of rotatable bonds is 3. The summed E-state index contributed by atoms with van der Waals surface area (Å²) in [5.41, 5.74) is 8.87. The van der Waals surface area contributed by atoms with Gasteiger partial charge in [0.05, 0.1) is 12.0 Å². The van der Waals surface area contributed by atoms with Crippen molar-refractivity contribution < 1.29 is 8.98 Å². The van der Waals surface area contributed by atoms with Crippen LogP contribution in [0, 0.1) is 20.4 Å². The lowest BCUT2D eigenvalue weighted by Gasteiger charge is -2.18. The first-order chi connectivity index (χ1) is 16.5. The van der Waals surface area contributed by atoms with E-state index in [1.807, 2.05) is 6.07 Å². The number of hydrogen-bond donors (Lipinski definition) is 0. The van der Waals surface area contributed by atoms with Crippen molar-refractivity contribution in [2.24, 2.45) is 7.05 Å². The molecule has 6 rings (SSSR count). The Labute approximate surface area is 200 Å². The van der Waals surface area contributed by atoms with Crippen molar-refractivity contribution in [1.29, 1.82) is 0 Å². The number of para-hydroxylation sites is 2. The highest BCUT2D eigenvalue weighted by Gasteiger charge is 2.41. The van der Waals surface area contributed by atoms with Crippen LogP contribution in [0.2, 0.25) is 0 Å². The number of nitrogens with zero attached hydrogens (tertiary/aromatic N) is 2. The van der Waals surface area contributed by atoms with Crippen molar-refractivity contribution in [2.75, 3.05) is 0 Å². The molecule has 2 heterocycles. The van der Waals surface area contributed by atoms with Gasteiger partial charge in [-0.05, 0) is 61.6 Å². The number of benzene rings is 3. The first-order valence-corrected chi connectivity index (χ1v) is 12.2. The smallest absolute Gasteiger partial charge is 0.236 e. The van der Waals surface area contributed by atoms with E-state index in [-0.39, 0.29) is 5.54 Å². The van der Waals surface area contributed by atoms with Gasteiger partial charge in [-0.3, -0.25) is 0 Å². The highest BCUT2D eigenvalue weighted by molar-refractivity contribution is 6.10. The van der Waals surface area contributed by atoms with Crippen molar-refractivity contribution in [1.82, 2.24) is 0 Å². The Morgan fingerprint density at radius 2 is 1.65 bits per heavy atom. The van der Waals surface area contributed by atoms with Crippen molar-refractivity contribution in [2.45, 2.75) is 51.5 Å². The zero-order valence-electron chi connectivity index (χ0n) is 20.1. The number of aryl methyl sites for hydroxylation is 2. The van der Waals surface area contributed by atoms with Gasteiger partial charge >= 0.3 is 0 Å². The van der Waals surface area contributed by atoms with Crippen LogP contribution in [0.4, 0.5) is 0 Å². The summed E-state index contributed by atoms with van der Waals surface area (Å²) in [6.07, 6.45) is 5.12. The summed E-state index contributed by atoms with van der Waals surface area (Å²) in [6.45, 7) is 12.4. The van der Waals surface area contributed by atoms with Crippen LogP contribution >= 0.6 is 0 Å². The van der Waals surface area contributed by atoms with Crippen LogP contribution in [-0.4, -0.2) is 5.54 Å². The molecule has 2 aromatic heterocycles. The molecule has 0 amide bonds. The molecule has 5 aromatic rings. The normalized spacial score (nSPS) is 15.4. The zero-order valence-corrected chi connectivity index (χ0v) is 20.1. The topological polar surface area (TPSA) is 21.4 Å². The van der Waals surface area contributed by atoms with Crippen LogP contribution in [0.5, 0.6) is 0 Å². The molecule has 1 fully saturated rings. The molecule has 1 aliphatic rings. The van der Waals surface area contributed by atoms with Crippen molar-refractivity contribution >= 4 is 32.8 Å². The average molecular weight is 446 g/mol. The molecular formula is C31H29N2O+. The molecule has 0 spiro atoms. The third-order valence-electron chi connectivity index (χ3n) is 8.02. The van der Waals surface area contributed by atoms with Crippen LogP contribution in [0.3, 0.4) is 0 Å². The molecule has 0 bridgehead atoms. The lowest BCUT2D eigenvalue weighted by atomic mass is 9.87. The number of pyridine rings is 1. The maximum Gasteiger partial charge on any atom is 0.236 e. The van der Waals surface area contributed by atoms with Gasteiger partial charge in [0, 0.05) is 41.1 Å². The van der Waals surface area contributed by atoms with Gasteiger partial charge < -0.3 is 9.26 Å². The van der Waals surface area contributed by atoms with Gasteiger partial charge in [-0.1, -0.05) is 30.3 Å². The summed E-state index contributed by atoms with van der Waals surface area (Å²) < 4.78 is 8.79. The van der Waals surface area contributed by atoms with E-state index in [0.29, 0.717) is 0 Å². The maximum absolute atomic E-state index is 8.00. The van der Waals surface area contributed by atoms with Gasteiger partial charge in [-0.25, -0.2) is 6.57 Å². The quantitative estimate of drug-likeness (QED) is 0.207. The second-order valence-electron chi connectivity index (χ2n) is 10.0. The Hall–Kier alpha value is -3.64. The summed E-state index contributed by atoms with van der Waals surface area (Å²) in [7, 11) is 2.15. The Balaban J connectivity index is 1.68. The Morgan fingerprint density at radius 3 is 2.41 bits per heavy atom. The molecule has 3 aromatic carbocycles. The second kappa shape index (κ2) is 7.71. The Morgan fingerprint density at radius 1 is 0.941 bits per heavy atom. The molecule has 0 aliphatic heterocycles. The van der Waals surface area contributed by atoms with Crippen LogP contribution in [0.25, 0.3) is 48.9 Å². The third-order valence-corrected chi connectivity index (χ3v) is 8.02. The fourth-order valence-electron chi connectivity index (χ4n) is 6.00. The van der Waals surface area contributed by atoms with Crippen LogP contribution in [-0.2, 0) is 13.5 Å². The SMILES string of the molecule is [C-]#[N+]C1(Cc2cc(-c3c(C)c(C)cc4c3oc3ccccc34)[n+](C)c3ccccc23)CCCC1. The molecule has 1 aliphatic carbocycles. The van der Waals surface area contributed by atoms with E-state index in [0.717, 1.165) is 65.3 Å². The third kappa shape index (κ3) is 3.06. The second-order valence-corrected chi connectivity index (χ2v) is 10.0. The predicted octanol–water partition coefficient (Wildman–Crippen LogP) is 7.62. The van der Waals surface area contributed by atoms with Gasteiger partial charge in [0.2, 0.25) is 16.7 Å². The summed E-state index contributed by atoms with van der Waals surface area (Å²) in [5, 5.41) is 3.56. The molecule has 3 nitrogen and oxygen atoms in total. The standard InChI is InChI=1S/C31H29N2O/c1-20-17-25-24-12-6-8-14-28(24)34-30(25)29(21(20)2)27-18-22(19-31(32-3)15-9-10-16-31)23-11-5-7-13-26(23)33(27)4/h5-8,11-14,17-18H,9-10,15-16,19H2,1-2,4H3/q+1. The van der Waals surface area contributed by atoms with Crippen LogP contribution < -0.4 is 4.57 Å². The van der Waals surface area contributed by atoms with E-state index < -0.39 is 0 Å². The zero-order chi connectivity index (χ0) is 23.4. The summed E-state index contributed by atoms with van der Waals surface area (Å²) >= 11 is 0. The Bertz CT molecular complexity index is 1630. The summed E-state index contributed by atoms with van der Waals surface area (Å²) in [4.78, 5) is 4.18. The molecule has 0 unspecified atom stereocenters. The van der Waals surface area contributed by atoms with E-state index in [2.05, 4.69) is 84.9 Å². The highest BCUT2D eigenvalue weighted by Crippen LogP contribution is 2.41. The van der Waals surface area contributed by atoms with Gasteiger partial charge in [0.25, 0.3) is 0 Å². The minimum atomic E-state index is -0.268. The molecular weight excluding hydrogens is 416 g/mol. The molecule has 1 saturated carbocycles. The van der Waals surface area contributed by atoms with E-state index in [1.54, 1.807) is 0 Å². The highest BCUT2D eigenvalue weighted by atomic mass is 16.3. The average Bonchev–Trinajstić information content (AvgIpc) is 3.47. The summed E-state index contributed by atoms with van der Waals surface area (Å²) in [6, 6.07) is 21.5. The summed E-state index contributed by atoms with van der Waals surface area (Å²) in [5.74, 6) is 0. The van der Waals surface area contributed by atoms with Gasteiger partial charge in [-0.2, -0.15) is 4.57 Å². The number of fused-ring (bicyclic) bond motifs is 4. The van der Waals surface area contributed by atoms with Crippen molar-refractivity contribution in [3.8, 4) is 11.3 Å². The Kier molecular flexibility index (Phi) is 4.74. The lowest BCUT2D eigenvalue weighted by Crippen LogP contribution is -2.34. The largest absolute Gasteiger partial charge is 0.455 e. The lowest BCUT2D eigenvalue weighted by molar-refractivity contribution is -0.633. The number of hydrogen-bond acceptors (Lipinski definition) is 1. The van der Waals surface area contributed by atoms with Crippen molar-refractivity contribution in [3.63, 3.8) is 0 Å². The number of aromatic nitrogens is 1. The van der Waals surface area contributed by atoms with E-state index in [1.165, 1.54) is 27.6 Å². The first kappa shape index (κ1) is 20.9. The van der Waals surface area contributed by atoms with Gasteiger partial charge in [-0.15, -0.1) is 0 Å². The van der Waals surface area contributed by atoms with E-state index in [4.69, 9.17) is 11.0 Å². The molecule has 3 heteroatoms. The fraction of sp³-hybridized carbons (Fsp3) is 0.290. The van der Waals surface area contributed by atoms with Gasteiger partial charge in [0.15, 0.2) is 0 Å². The van der Waals surface area contributed by atoms with Crippen LogP contribution in [0.1, 0.15) is 42.4 Å². The minimum Gasteiger partial charge on any atom is -0.455 e. The molecule has 0 saturated heterocycles. The monoisotopic (exact) mass is 445 g/mol. The minimum absolute atomic E-state index is 0.268. The molecule has 0 radical (unpaired) electrons. The predicted molar refractivity (Wildman–Crippen MR) is 139 cm³/mol. The molecule has 168 valence electrons. The molecule has 0 atom stereocenters. The number of furan rings is 1. The van der Waals surface area contributed by atoms with Gasteiger partial charge in [0.1, 0.15) is 18.2 Å². The van der Waals surface area contributed by atoms with E-state index >= 15 is 0 Å². The maximum atomic E-state index is 8.00. The van der Waals surface area contributed by atoms with E-state index in [9.17, 15) is 0 Å². The first-order valence-electron chi connectivity index (χ1n) is 12.2. The van der Waals surface area contributed by atoms with Crippen LogP contribution in [0.15, 0.2) is 65.1 Å². The molecule has 0 N–H and O–H groups in total. The molecule has 34 heavy (non-hydrogen) atoms.